The Hall–Kier alpha value is -2.04. The zero-order valence-corrected chi connectivity index (χ0v) is 9.49. The third-order valence-electron chi connectivity index (χ3n) is 2.31. The Labute approximate surface area is 98.7 Å². The lowest BCUT2D eigenvalue weighted by Crippen LogP contribution is -2.29. The van der Waals surface area contributed by atoms with Crippen molar-refractivity contribution in [2.45, 2.75) is 6.92 Å². The lowest BCUT2D eigenvalue weighted by molar-refractivity contribution is -0.116. The maximum absolute atomic E-state index is 11.8. The summed E-state index contributed by atoms with van der Waals surface area (Å²) >= 11 is 0. The molecule has 0 unspecified atom stereocenters. The second-order valence-electron chi connectivity index (χ2n) is 3.71. The second kappa shape index (κ2) is 4.86. The van der Waals surface area contributed by atoms with Gasteiger partial charge in [0.2, 0.25) is 0 Å². The predicted octanol–water partition coefficient (Wildman–Crippen LogP) is 0.777. The van der Waals surface area contributed by atoms with Crippen LogP contribution < -0.4 is 14.8 Å². The van der Waals surface area contributed by atoms with Crippen molar-refractivity contribution in [2.24, 2.45) is 0 Å². The third-order valence-corrected chi connectivity index (χ3v) is 2.31. The minimum absolute atomic E-state index is 0.0172. The maximum Gasteiger partial charge on any atom is 0.255 e. The van der Waals surface area contributed by atoms with Crippen LogP contribution in [0.2, 0.25) is 0 Å². The first-order valence-corrected chi connectivity index (χ1v) is 5.34. The van der Waals surface area contributed by atoms with Gasteiger partial charge in [0.15, 0.2) is 11.5 Å². The highest BCUT2D eigenvalue weighted by Gasteiger charge is 2.20. The Morgan fingerprint density at radius 2 is 2.06 bits per heavy atom. The van der Waals surface area contributed by atoms with Gasteiger partial charge in [-0.15, -0.1) is 0 Å². The Morgan fingerprint density at radius 1 is 1.29 bits per heavy atom. The van der Waals surface area contributed by atoms with E-state index in [4.69, 9.17) is 9.47 Å². The van der Waals surface area contributed by atoms with Crippen molar-refractivity contribution < 1.29 is 19.1 Å². The first-order chi connectivity index (χ1) is 8.18. The first-order valence-electron chi connectivity index (χ1n) is 5.34. The number of fused-ring (bicyclic) bond motifs is 1. The van der Waals surface area contributed by atoms with Crippen molar-refractivity contribution in [3.05, 3.63) is 23.8 Å². The smallest absolute Gasteiger partial charge is 0.255 e. The van der Waals surface area contributed by atoms with Gasteiger partial charge in [0.05, 0.1) is 12.1 Å². The van der Waals surface area contributed by atoms with Gasteiger partial charge in [0.25, 0.3) is 5.91 Å². The van der Waals surface area contributed by atoms with E-state index in [0.717, 1.165) is 0 Å². The number of ether oxygens (including phenoxy) is 2. The Balaban J connectivity index is 2.20. The number of nitrogens with one attached hydrogen (secondary N) is 1. The molecule has 1 heterocycles. The molecule has 0 spiro atoms. The topological polar surface area (TPSA) is 64.6 Å². The Morgan fingerprint density at radius 3 is 2.82 bits per heavy atom. The summed E-state index contributed by atoms with van der Waals surface area (Å²) in [5.41, 5.74) is 0.392. The summed E-state index contributed by atoms with van der Waals surface area (Å²) in [7, 11) is 0. The molecular weight excluding hydrogens is 222 g/mol. The maximum atomic E-state index is 11.8. The minimum atomic E-state index is -0.331. The molecule has 5 nitrogen and oxygen atoms in total. The van der Waals surface area contributed by atoms with Crippen LogP contribution in [0.3, 0.4) is 0 Å². The summed E-state index contributed by atoms with van der Waals surface area (Å²) < 4.78 is 10.8. The van der Waals surface area contributed by atoms with Crippen molar-refractivity contribution in [1.29, 1.82) is 0 Å². The van der Waals surface area contributed by atoms with Crippen molar-refractivity contribution in [1.82, 2.24) is 5.32 Å². The quantitative estimate of drug-likeness (QED) is 0.840. The van der Waals surface area contributed by atoms with E-state index in [-0.39, 0.29) is 18.2 Å². The number of hydrogen-bond donors (Lipinski definition) is 1. The molecule has 1 aliphatic heterocycles. The zero-order chi connectivity index (χ0) is 12.3. The van der Waals surface area contributed by atoms with Gasteiger partial charge in [0.1, 0.15) is 19.0 Å². The number of rotatable bonds is 3. The summed E-state index contributed by atoms with van der Waals surface area (Å²) in [5.74, 6) is 0.578. The molecule has 1 aliphatic rings. The van der Waals surface area contributed by atoms with E-state index < -0.39 is 0 Å². The van der Waals surface area contributed by atoms with Gasteiger partial charge in [-0.2, -0.15) is 0 Å². The molecule has 0 bridgehead atoms. The summed E-state index contributed by atoms with van der Waals surface area (Å²) in [6, 6.07) is 5.11. The number of Topliss-reactive ketones (excluding diaryl/α,β-unsaturated/α-hetero) is 1. The zero-order valence-electron chi connectivity index (χ0n) is 9.49. The average Bonchev–Trinajstić information content (AvgIpc) is 2.35. The van der Waals surface area contributed by atoms with Gasteiger partial charge in [-0.3, -0.25) is 9.59 Å². The van der Waals surface area contributed by atoms with Crippen LogP contribution in [0, 0.1) is 0 Å². The van der Waals surface area contributed by atoms with Crippen molar-refractivity contribution in [3.63, 3.8) is 0 Å². The molecule has 1 N–H and O–H groups in total. The fourth-order valence-corrected chi connectivity index (χ4v) is 1.55. The van der Waals surface area contributed by atoms with E-state index in [9.17, 15) is 9.59 Å². The van der Waals surface area contributed by atoms with Crippen LogP contribution in [0.15, 0.2) is 18.2 Å². The minimum Gasteiger partial charge on any atom is -0.486 e. The highest BCUT2D eigenvalue weighted by molar-refractivity contribution is 5.99. The largest absolute Gasteiger partial charge is 0.486 e. The number of hydrogen-bond acceptors (Lipinski definition) is 4. The lowest BCUT2D eigenvalue weighted by atomic mass is 10.1. The van der Waals surface area contributed by atoms with E-state index in [1.54, 1.807) is 18.2 Å². The van der Waals surface area contributed by atoms with Crippen molar-refractivity contribution in [3.8, 4) is 11.5 Å². The molecule has 0 saturated carbocycles. The molecular formula is C12H13NO4. The molecule has 0 radical (unpaired) electrons. The van der Waals surface area contributed by atoms with E-state index in [0.29, 0.717) is 30.3 Å². The van der Waals surface area contributed by atoms with Crippen LogP contribution in [-0.2, 0) is 4.79 Å². The summed E-state index contributed by atoms with van der Waals surface area (Å²) in [6.45, 7) is 2.33. The normalized spacial score (nSPS) is 13.0. The SMILES string of the molecule is CC(=O)CNC(=O)c1cccc2c1OCCO2. The summed E-state index contributed by atoms with van der Waals surface area (Å²) in [5, 5.41) is 2.52. The molecule has 0 atom stereocenters. The van der Waals surface area contributed by atoms with Gasteiger partial charge in [0, 0.05) is 0 Å². The molecule has 2 rings (SSSR count). The number of carbonyl (C=O) groups is 2. The number of ketones is 1. The van der Waals surface area contributed by atoms with Crippen molar-refractivity contribution >= 4 is 11.7 Å². The number of para-hydroxylation sites is 1. The standard InChI is InChI=1S/C12H13NO4/c1-8(14)7-13-12(15)9-3-2-4-10-11(9)17-6-5-16-10/h2-4H,5-7H2,1H3,(H,13,15). The van der Waals surface area contributed by atoms with E-state index in [1.807, 2.05) is 0 Å². The fourth-order valence-electron chi connectivity index (χ4n) is 1.55. The van der Waals surface area contributed by atoms with Gasteiger partial charge in [-0.05, 0) is 19.1 Å². The number of amides is 1. The monoisotopic (exact) mass is 235 g/mol. The summed E-state index contributed by atoms with van der Waals surface area (Å²) in [4.78, 5) is 22.6. The van der Waals surface area contributed by atoms with E-state index >= 15 is 0 Å². The molecule has 90 valence electrons. The van der Waals surface area contributed by atoms with Crippen molar-refractivity contribution in [2.75, 3.05) is 19.8 Å². The lowest BCUT2D eigenvalue weighted by Gasteiger charge is -2.20. The van der Waals surface area contributed by atoms with Crippen LogP contribution in [0.5, 0.6) is 11.5 Å². The molecule has 0 aliphatic carbocycles. The number of benzene rings is 1. The number of carbonyl (C=O) groups excluding carboxylic acids is 2. The predicted molar refractivity (Wildman–Crippen MR) is 60.4 cm³/mol. The second-order valence-corrected chi connectivity index (χ2v) is 3.71. The van der Waals surface area contributed by atoms with Crippen LogP contribution in [0.4, 0.5) is 0 Å². The molecule has 17 heavy (non-hydrogen) atoms. The molecule has 1 aromatic rings. The molecule has 5 heteroatoms. The van der Waals surface area contributed by atoms with Crippen LogP contribution in [0.1, 0.15) is 17.3 Å². The van der Waals surface area contributed by atoms with Crippen LogP contribution in [-0.4, -0.2) is 31.4 Å². The van der Waals surface area contributed by atoms with Gasteiger partial charge < -0.3 is 14.8 Å². The average molecular weight is 235 g/mol. The Bertz CT molecular complexity index is 456. The Kier molecular flexibility index (Phi) is 3.27. The first kappa shape index (κ1) is 11.4. The molecule has 0 aromatic heterocycles. The fraction of sp³-hybridized carbons (Fsp3) is 0.333. The molecule has 0 saturated heterocycles. The van der Waals surface area contributed by atoms with Gasteiger partial charge in [-0.25, -0.2) is 0 Å². The summed E-state index contributed by atoms with van der Waals surface area (Å²) in [6.07, 6.45) is 0. The molecule has 0 fully saturated rings. The van der Waals surface area contributed by atoms with Gasteiger partial charge >= 0.3 is 0 Å². The highest BCUT2D eigenvalue weighted by Crippen LogP contribution is 2.33. The van der Waals surface area contributed by atoms with E-state index in [1.165, 1.54) is 6.92 Å². The van der Waals surface area contributed by atoms with Gasteiger partial charge in [-0.1, -0.05) is 6.07 Å². The third kappa shape index (κ3) is 2.55. The van der Waals surface area contributed by atoms with Crippen LogP contribution >= 0.6 is 0 Å². The highest BCUT2D eigenvalue weighted by atomic mass is 16.6. The molecule has 1 aromatic carbocycles. The van der Waals surface area contributed by atoms with E-state index in [2.05, 4.69) is 5.32 Å². The van der Waals surface area contributed by atoms with Crippen LogP contribution in [0.25, 0.3) is 0 Å². The molecule has 1 amide bonds.